The second-order valence-electron chi connectivity index (χ2n) is 4.72. The molecule has 21 heavy (non-hydrogen) atoms. The molecule has 2 aromatic carbocycles. The van der Waals surface area contributed by atoms with Crippen LogP contribution in [0.3, 0.4) is 0 Å². The summed E-state index contributed by atoms with van der Waals surface area (Å²) in [4.78, 5) is 11.8. The number of nitrogen functional groups attached to an aromatic ring is 1. The highest BCUT2D eigenvalue weighted by atomic mass is 19.3. The number of halogens is 2. The monoisotopic (exact) mass is 291 g/mol. The van der Waals surface area contributed by atoms with Gasteiger partial charge in [-0.1, -0.05) is 36.4 Å². The lowest BCUT2D eigenvalue weighted by Crippen LogP contribution is -2.23. The van der Waals surface area contributed by atoms with Gasteiger partial charge in [0.15, 0.2) is 6.61 Å². The second-order valence-corrected chi connectivity index (χ2v) is 4.72. The molecule has 2 rings (SSSR count). The van der Waals surface area contributed by atoms with E-state index >= 15 is 0 Å². The first-order valence-corrected chi connectivity index (χ1v) is 6.37. The minimum atomic E-state index is -3.23. The van der Waals surface area contributed by atoms with E-state index in [1.54, 1.807) is 19.1 Å². The minimum Gasteiger partial charge on any atom is -0.455 e. The average Bonchev–Trinajstić information content (AvgIpc) is 2.48. The number of rotatable bonds is 4. The number of carbonyl (C=O) groups is 1. The Morgan fingerprint density at radius 2 is 1.86 bits per heavy atom. The summed E-state index contributed by atoms with van der Waals surface area (Å²) in [5.74, 6) is -4.05. The molecule has 0 bridgehead atoms. The quantitative estimate of drug-likeness (QED) is 0.692. The molecule has 2 N–H and O–H groups in total. The van der Waals surface area contributed by atoms with Gasteiger partial charge in [-0.15, -0.1) is 0 Å². The molecule has 0 spiro atoms. The van der Waals surface area contributed by atoms with Crippen LogP contribution in [0.5, 0.6) is 0 Å². The zero-order valence-corrected chi connectivity index (χ0v) is 11.5. The summed E-state index contributed by atoms with van der Waals surface area (Å²) in [6.45, 7) is 0.775. The highest BCUT2D eigenvalue weighted by Gasteiger charge is 2.33. The highest BCUT2D eigenvalue weighted by molar-refractivity contribution is 5.90. The number of hydrogen-bond donors (Lipinski definition) is 1. The summed E-state index contributed by atoms with van der Waals surface area (Å²) in [5, 5.41) is 0. The van der Waals surface area contributed by atoms with E-state index in [4.69, 9.17) is 10.5 Å². The Labute approximate surface area is 121 Å². The van der Waals surface area contributed by atoms with Gasteiger partial charge in [0.05, 0.1) is 5.56 Å². The van der Waals surface area contributed by atoms with Crippen molar-refractivity contribution in [2.75, 3.05) is 12.3 Å². The number of anilines is 1. The molecule has 2 aromatic rings. The molecule has 0 fully saturated rings. The molecule has 0 saturated carbocycles. The van der Waals surface area contributed by atoms with E-state index in [2.05, 4.69) is 0 Å². The van der Waals surface area contributed by atoms with Gasteiger partial charge in [-0.3, -0.25) is 0 Å². The van der Waals surface area contributed by atoms with Gasteiger partial charge in [0.2, 0.25) is 0 Å². The van der Waals surface area contributed by atoms with Gasteiger partial charge < -0.3 is 10.5 Å². The fourth-order valence-corrected chi connectivity index (χ4v) is 1.77. The number of alkyl halides is 2. The summed E-state index contributed by atoms with van der Waals surface area (Å²) in [7, 11) is 0. The van der Waals surface area contributed by atoms with Crippen LogP contribution in [-0.4, -0.2) is 12.6 Å². The van der Waals surface area contributed by atoms with Crippen LogP contribution >= 0.6 is 0 Å². The van der Waals surface area contributed by atoms with Crippen molar-refractivity contribution in [2.24, 2.45) is 0 Å². The average molecular weight is 291 g/mol. The Kier molecular flexibility index (Phi) is 4.21. The van der Waals surface area contributed by atoms with Crippen molar-refractivity contribution in [1.82, 2.24) is 0 Å². The van der Waals surface area contributed by atoms with Gasteiger partial charge in [-0.2, -0.15) is 8.78 Å². The third-order valence-corrected chi connectivity index (χ3v) is 3.10. The molecule has 0 aliphatic rings. The van der Waals surface area contributed by atoms with E-state index < -0.39 is 18.5 Å². The van der Waals surface area contributed by atoms with Crippen LogP contribution in [0.2, 0.25) is 0 Å². The van der Waals surface area contributed by atoms with Gasteiger partial charge in [-0.05, 0) is 24.6 Å². The topological polar surface area (TPSA) is 52.3 Å². The van der Waals surface area contributed by atoms with Crippen LogP contribution in [0.4, 0.5) is 14.5 Å². The molecule has 0 unspecified atom stereocenters. The van der Waals surface area contributed by atoms with E-state index in [9.17, 15) is 13.6 Å². The SMILES string of the molecule is Cc1ccc(C(=O)OCC(F)(F)c2ccccc2)cc1N. The summed E-state index contributed by atoms with van der Waals surface area (Å²) < 4.78 is 32.4. The third kappa shape index (κ3) is 3.56. The predicted octanol–water partition coefficient (Wildman–Crippen LogP) is 3.53. The maximum Gasteiger partial charge on any atom is 0.338 e. The van der Waals surface area contributed by atoms with E-state index in [-0.39, 0.29) is 11.1 Å². The number of esters is 1. The maximum absolute atomic E-state index is 13.9. The third-order valence-electron chi connectivity index (χ3n) is 3.10. The summed E-state index contributed by atoms with van der Waals surface area (Å²) in [6, 6.07) is 11.8. The number of nitrogens with two attached hydrogens (primary N) is 1. The van der Waals surface area contributed by atoms with Crippen molar-refractivity contribution in [3.63, 3.8) is 0 Å². The first-order valence-electron chi connectivity index (χ1n) is 6.37. The van der Waals surface area contributed by atoms with Gasteiger partial charge in [-0.25, -0.2) is 4.79 Å². The summed E-state index contributed by atoms with van der Waals surface area (Å²) in [5.41, 5.74) is 6.86. The fraction of sp³-hybridized carbons (Fsp3) is 0.188. The smallest absolute Gasteiger partial charge is 0.338 e. The molecule has 0 aliphatic carbocycles. The van der Waals surface area contributed by atoms with Crippen molar-refractivity contribution < 1.29 is 18.3 Å². The minimum absolute atomic E-state index is 0.155. The van der Waals surface area contributed by atoms with E-state index in [0.717, 1.165) is 5.56 Å². The van der Waals surface area contributed by atoms with Crippen LogP contribution < -0.4 is 5.73 Å². The molecule has 3 nitrogen and oxygen atoms in total. The first-order chi connectivity index (χ1) is 9.90. The van der Waals surface area contributed by atoms with Crippen LogP contribution in [-0.2, 0) is 10.7 Å². The maximum atomic E-state index is 13.9. The van der Waals surface area contributed by atoms with Crippen molar-refractivity contribution in [2.45, 2.75) is 12.8 Å². The van der Waals surface area contributed by atoms with Crippen molar-refractivity contribution in [1.29, 1.82) is 0 Å². The van der Waals surface area contributed by atoms with Crippen molar-refractivity contribution in [3.05, 3.63) is 65.2 Å². The van der Waals surface area contributed by atoms with Crippen LogP contribution in [0.15, 0.2) is 48.5 Å². The fourth-order valence-electron chi connectivity index (χ4n) is 1.77. The predicted molar refractivity (Wildman–Crippen MR) is 76.2 cm³/mol. The zero-order valence-electron chi connectivity index (χ0n) is 11.5. The Morgan fingerprint density at radius 3 is 2.48 bits per heavy atom. The van der Waals surface area contributed by atoms with E-state index in [1.807, 2.05) is 0 Å². The lowest BCUT2D eigenvalue weighted by atomic mass is 10.1. The normalized spacial score (nSPS) is 11.2. The lowest BCUT2D eigenvalue weighted by Gasteiger charge is -2.16. The Morgan fingerprint density at radius 1 is 1.19 bits per heavy atom. The molecule has 0 aromatic heterocycles. The molecule has 5 heteroatoms. The molecule has 0 saturated heterocycles. The van der Waals surface area contributed by atoms with Crippen LogP contribution in [0.1, 0.15) is 21.5 Å². The Bertz CT molecular complexity index is 642. The zero-order chi connectivity index (χ0) is 15.5. The van der Waals surface area contributed by atoms with Crippen LogP contribution in [0, 0.1) is 6.92 Å². The second kappa shape index (κ2) is 5.91. The Balaban J connectivity index is 2.05. The number of benzene rings is 2. The lowest BCUT2D eigenvalue weighted by molar-refractivity contribution is -0.0661. The molecule has 0 radical (unpaired) electrons. The number of aryl methyl sites for hydroxylation is 1. The highest BCUT2D eigenvalue weighted by Crippen LogP contribution is 2.28. The molecule has 0 heterocycles. The number of carbonyl (C=O) groups excluding carboxylic acids is 1. The van der Waals surface area contributed by atoms with Crippen molar-refractivity contribution in [3.8, 4) is 0 Å². The number of ether oxygens (including phenoxy) is 1. The Hall–Kier alpha value is -2.43. The largest absolute Gasteiger partial charge is 0.455 e. The molecular formula is C16H15F2NO2. The molecule has 0 amide bonds. The van der Waals surface area contributed by atoms with E-state index in [0.29, 0.717) is 5.69 Å². The molecule has 0 atom stereocenters. The van der Waals surface area contributed by atoms with Gasteiger partial charge >= 0.3 is 11.9 Å². The van der Waals surface area contributed by atoms with Crippen LogP contribution in [0.25, 0.3) is 0 Å². The van der Waals surface area contributed by atoms with Gasteiger partial charge in [0, 0.05) is 11.3 Å². The van der Waals surface area contributed by atoms with E-state index in [1.165, 1.54) is 36.4 Å². The van der Waals surface area contributed by atoms with Gasteiger partial charge in [0.1, 0.15) is 0 Å². The number of hydrogen-bond acceptors (Lipinski definition) is 3. The summed E-state index contributed by atoms with van der Waals surface area (Å²) in [6.07, 6.45) is 0. The standard InChI is InChI=1S/C16H15F2NO2/c1-11-7-8-12(9-14(11)19)15(20)21-10-16(17,18)13-5-3-2-4-6-13/h2-9H,10,19H2,1H3. The molecular weight excluding hydrogens is 276 g/mol. The first kappa shape index (κ1) is 15.0. The molecule has 110 valence electrons. The van der Waals surface area contributed by atoms with Crippen molar-refractivity contribution >= 4 is 11.7 Å². The van der Waals surface area contributed by atoms with Gasteiger partial charge in [0.25, 0.3) is 0 Å². The summed E-state index contributed by atoms with van der Waals surface area (Å²) >= 11 is 0. The molecule has 0 aliphatic heterocycles.